The van der Waals surface area contributed by atoms with Gasteiger partial charge in [0.25, 0.3) is 11.8 Å². The first-order valence-corrected chi connectivity index (χ1v) is 4.88. The lowest BCUT2D eigenvalue weighted by atomic mass is 10.0. The smallest absolute Gasteiger partial charge is 0.328 e. The molecule has 0 heterocycles. The van der Waals surface area contributed by atoms with E-state index in [1.165, 1.54) is 7.11 Å². The Balaban J connectivity index is 3.88. The Bertz CT molecular complexity index is 569. The maximum atomic E-state index is 11.3. The summed E-state index contributed by atoms with van der Waals surface area (Å²) in [6, 6.07) is 1.06. The number of hydrogen-bond donors (Lipinski definition) is 2. The number of methoxy groups -OCH3 is 2. The molecule has 0 atom stereocenters. The number of nitro benzene ring substituents is 1. The molecule has 2 amide bonds. The normalized spacial score (nSPS) is 9.79. The molecule has 0 fully saturated rings. The molecular formula is C10H11N3O6. The Hall–Kier alpha value is -2.84. The van der Waals surface area contributed by atoms with E-state index < -0.39 is 33.7 Å². The van der Waals surface area contributed by atoms with Crippen LogP contribution in [-0.4, -0.2) is 31.0 Å². The summed E-state index contributed by atoms with van der Waals surface area (Å²) in [4.78, 5) is 32.7. The molecule has 1 aromatic carbocycles. The SMILES string of the molecule is COc1cc(C(N)=O)c(OC)c([N+](=O)[O-])c1C(N)=O. The van der Waals surface area contributed by atoms with Crippen molar-refractivity contribution in [3.8, 4) is 11.5 Å². The van der Waals surface area contributed by atoms with Crippen LogP contribution >= 0.6 is 0 Å². The molecule has 4 N–H and O–H groups in total. The third kappa shape index (κ3) is 2.39. The van der Waals surface area contributed by atoms with Crippen LogP contribution in [0.5, 0.6) is 11.5 Å². The van der Waals surface area contributed by atoms with Gasteiger partial charge in [-0.15, -0.1) is 0 Å². The van der Waals surface area contributed by atoms with Crippen molar-refractivity contribution in [1.82, 2.24) is 0 Å². The van der Waals surface area contributed by atoms with Crippen LogP contribution in [0, 0.1) is 10.1 Å². The summed E-state index contributed by atoms with van der Waals surface area (Å²) in [7, 11) is 2.27. The van der Waals surface area contributed by atoms with Gasteiger partial charge in [0.1, 0.15) is 5.75 Å². The fourth-order valence-corrected chi connectivity index (χ4v) is 1.59. The number of hydrogen-bond acceptors (Lipinski definition) is 6. The number of nitro groups is 1. The van der Waals surface area contributed by atoms with E-state index in [2.05, 4.69) is 0 Å². The van der Waals surface area contributed by atoms with E-state index >= 15 is 0 Å². The predicted octanol–water partition coefficient (Wildman–Crippen LogP) is -0.190. The van der Waals surface area contributed by atoms with Gasteiger partial charge >= 0.3 is 5.69 Å². The van der Waals surface area contributed by atoms with E-state index in [4.69, 9.17) is 20.9 Å². The number of primary amides is 2. The van der Waals surface area contributed by atoms with Crippen molar-refractivity contribution >= 4 is 17.5 Å². The van der Waals surface area contributed by atoms with Crippen LogP contribution < -0.4 is 20.9 Å². The largest absolute Gasteiger partial charge is 0.496 e. The van der Waals surface area contributed by atoms with Gasteiger partial charge in [0, 0.05) is 0 Å². The minimum atomic E-state index is -1.09. The standard InChI is InChI=1S/C10H11N3O6/c1-18-5-3-4(9(11)14)8(19-2)7(13(16)17)6(5)10(12)15/h3H,1-2H3,(H2,11,14)(H2,12,15). The maximum Gasteiger partial charge on any atom is 0.328 e. The maximum absolute atomic E-state index is 11.3. The zero-order valence-electron chi connectivity index (χ0n) is 10.1. The average Bonchev–Trinajstić information content (AvgIpc) is 2.35. The molecule has 1 rings (SSSR count). The van der Waals surface area contributed by atoms with Gasteiger partial charge in [-0.1, -0.05) is 0 Å². The van der Waals surface area contributed by atoms with Gasteiger partial charge in [-0.3, -0.25) is 19.7 Å². The topological polar surface area (TPSA) is 148 Å². The fourth-order valence-electron chi connectivity index (χ4n) is 1.59. The Morgan fingerprint density at radius 1 is 1.21 bits per heavy atom. The van der Waals surface area contributed by atoms with Crippen molar-refractivity contribution < 1.29 is 24.0 Å². The molecule has 0 aliphatic carbocycles. The van der Waals surface area contributed by atoms with Crippen molar-refractivity contribution in [1.29, 1.82) is 0 Å². The number of ether oxygens (including phenoxy) is 2. The lowest BCUT2D eigenvalue weighted by Crippen LogP contribution is -2.19. The molecule has 0 spiro atoms. The Kier molecular flexibility index (Phi) is 3.90. The van der Waals surface area contributed by atoms with Crippen molar-refractivity contribution in [2.24, 2.45) is 11.5 Å². The summed E-state index contributed by atoms with van der Waals surface area (Å²) >= 11 is 0. The highest BCUT2D eigenvalue weighted by Gasteiger charge is 2.33. The van der Waals surface area contributed by atoms with Gasteiger partial charge in [0.05, 0.1) is 24.7 Å². The number of carbonyl (C=O) groups excluding carboxylic acids is 2. The van der Waals surface area contributed by atoms with Crippen molar-refractivity contribution in [2.75, 3.05) is 14.2 Å². The van der Waals surface area contributed by atoms with Crippen molar-refractivity contribution in [3.63, 3.8) is 0 Å². The van der Waals surface area contributed by atoms with E-state index in [1.807, 2.05) is 0 Å². The van der Waals surface area contributed by atoms with Crippen LogP contribution in [0.4, 0.5) is 5.69 Å². The van der Waals surface area contributed by atoms with Gasteiger partial charge in [-0.25, -0.2) is 0 Å². The first kappa shape index (κ1) is 14.2. The van der Waals surface area contributed by atoms with Crippen LogP contribution in [0.2, 0.25) is 0 Å². The molecule has 0 radical (unpaired) electrons. The van der Waals surface area contributed by atoms with Crippen LogP contribution in [0.25, 0.3) is 0 Å². The third-order valence-corrected chi connectivity index (χ3v) is 2.34. The van der Waals surface area contributed by atoms with Gasteiger partial charge in [-0.05, 0) is 6.07 Å². The molecule has 0 aliphatic heterocycles. The van der Waals surface area contributed by atoms with Crippen LogP contribution in [0.15, 0.2) is 6.07 Å². The molecule has 19 heavy (non-hydrogen) atoms. The molecule has 9 nitrogen and oxygen atoms in total. The summed E-state index contributed by atoms with van der Waals surface area (Å²) in [5, 5.41) is 11.1. The van der Waals surface area contributed by atoms with Crippen LogP contribution in [0.3, 0.4) is 0 Å². The van der Waals surface area contributed by atoms with Crippen LogP contribution in [-0.2, 0) is 0 Å². The van der Waals surface area contributed by atoms with Gasteiger partial charge in [0.15, 0.2) is 5.56 Å². The number of amides is 2. The van der Waals surface area contributed by atoms with E-state index in [9.17, 15) is 19.7 Å². The molecule has 0 saturated heterocycles. The van der Waals surface area contributed by atoms with Crippen LogP contribution in [0.1, 0.15) is 20.7 Å². The number of carbonyl (C=O) groups is 2. The second kappa shape index (κ2) is 5.21. The summed E-state index contributed by atoms with van der Waals surface area (Å²) in [6.07, 6.45) is 0. The summed E-state index contributed by atoms with van der Waals surface area (Å²) in [6.45, 7) is 0. The number of nitrogens with two attached hydrogens (primary N) is 2. The monoisotopic (exact) mass is 269 g/mol. The Morgan fingerprint density at radius 2 is 1.79 bits per heavy atom. The highest BCUT2D eigenvalue weighted by molar-refractivity contribution is 6.05. The Labute approximate surface area is 107 Å². The lowest BCUT2D eigenvalue weighted by molar-refractivity contribution is -0.386. The molecule has 0 bridgehead atoms. The van der Waals surface area contributed by atoms with E-state index in [1.54, 1.807) is 0 Å². The second-order valence-electron chi connectivity index (χ2n) is 3.37. The molecule has 0 aromatic heterocycles. The zero-order valence-corrected chi connectivity index (χ0v) is 10.1. The highest BCUT2D eigenvalue weighted by atomic mass is 16.6. The molecule has 0 saturated carbocycles. The summed E-state index contributed by atoms with van der Waals surface area (Å²) in [5.41, 5.74) is 8.65. The molecule has 9 heteroatoms. The Morgan fingerprint density at radius 3 is 2.11 bits per heavy atom. The minimum Gasteiger partial charge on any atom is -0.496 e. The number of nitrogens with zero attached hydrogens (tertiary/aromatic N) is 1. The number of benzene rings is 1. The van der Waals surface area contributed by atoms with Crippen molar-refractivity contribution in [3.05, 3.63) is 27.3 Å². The quantitative estimate of drug-likeness (QED) is 0.559. The van der Waals surface area contributed by atoms with Gasteiger partial charge < -0.3 is 20.9 Å². The average molecular weight is 269 g/mol. The molecule has 102 valence electrons. The molecule has 0 aliphatic rings. The second-order valence-corrected chi connectivity index (χ2v) is 3.37. The lowest BCUT2D eigenvalue weighted by Gasteiger charge is -2.12. The predicted molar refractivity (Wildman–Crippen MR) is 63.2 cm³/mol. The summed E-state index contributed by atoms with van der Waals surface area (Å²) in [5.74, 6) is -2.71. The molecule has 0 unspecified atom stereocenters. The van der Waals surface area contributed by atoms with E-state index in [0.29, 0.717) is 0 Å². The highest BCUT2D eigenvalue weighted by Crippen LogP contribution is 2.39. The molecule has 1 aromatic rings. The van der Waals surface area contributed by atoms with E-state index in [-0.39, 0.29) is 11.3 Å². The van der Waals surface area contributed by atoms with Gasteiger partial charge in [0.2, 0.25) is 5.75 Å². The van der Waals surface area contributed by atoms with E-state index in [0.717, 1.165) is 13.2 Å². The summed E-state index contributed by atoms with van der Waals surface area (Å²) < 4.78 is 9.60. The molecular weight excluding hydrogens is 258 g/mol. The third-order valence-electron chi connectivity index (χ3n) is 2.34. The minimum absolute atomic E-state index is 0.228. The van der Waals surface area contributed by atoms with Gasteiger partial charge in [-0.2, -0.15) is 0 Å². The zero-order chi connectivity index (χ0) is 14.7. The first-order valence-electron chi connectivity index (χ1n) is 4.88. The number of rotatable bonds is 5. The van der Waals surface area contributed by atoms with Crippen molar-refractivity contribution in [2.45, 2.75) is 0 Å². The first-order chi connectivity index (χ1) is 8.84. The fraction of sp³-hybridized carbons (Fsp3) is 0.200.